The summed E-state index contributed by atoms with van der Waals surface area (Å²) in [6, 6.07) is 17.3. The molecule has 3 unspecified atom stereocenters. The molecule has 3 aliphatic rings. The van der Waals surface area contributed by atoms with Gasteiger partial charge in [-0.05, 0) is 47.9 Å². The Labute approximate surface area is 198 Å². The van der Waals surface area contributed by atoms with Crippen LogP contribution in [0.25, 0.3) is 0 Å². The Hall–Kier alpha value is -3.41. The van der Waals surface area contributed by atoms with E-state index in [1.165, 1.54) is 4.90 Å². The number of carbonyl (C=O) groups is 2. The van der Waals surface area contributed by atoms with Crippen LogP contribution >= 0.6 is 0 Å². The molecule has 8 heteroatoms. The Balaban J connectivity index is 1.13. The molecule has 0 bridgehead atoms. The number of piperidine rings is 1. The first-order chi connectivity index (χ1) is 16.4. The maximum Gasteiger partial charge on any atom is 0.255 e. The average molecular weight is 461 g/mol. The number of anilines is 1. The average Bonchev–Trinajstić information content (AvgIpc) is 3.33. The number of nitriles is 1. The Kier molecular flexibility index (Phi) is 5.76. The van der Waals surface area contributed by atoms with Crippen molar-refractivity contribution in [1.82, 2.24) is 10.2 Å². The van der Waals surface area contributed by atoms with E-state index in [2.05, 4.69) is 16.3 Å². The molecule has 1 spiro atoms. The van der Waals surface area contributed by atoms with Crippen LogP contribution in [0.15, 0.2) is 48.5 Å². The van der Waals surface area contributed by atoms with E-state index in [0.29, 0.717) is 18.7 Å². The fourth-order valence-corrected chi connectivity index (χ4v) is 5.35. The number of aliphatic hydroxyl groups is 2. The normalized spacial score (nSPS) is 22.0. The number of hydrogen-bond acceptors (Lipinski definition) is 6. The molecule has 2 aromatic rings. The molecule has 1 aliphatic carbocycles. The molecule has 8 nitrogen and oxygen atoms in total. The fraction of sp³-hybridized carbons (Fsp3) is 0.423. The first-order valence-corrected chi connectivity index (χ1v) is 11.7. The van der Waals surface area contributed by atoms with Gasteiger partial charge < -0.3 is 25.3 Å². The monoisotopic (exact) mass is 460 g/mol. The summed E-state index contributed by atoms with van der Waals surface area (Å²) in [6.07, 6.45) is -1.07. The number of carbonyl (C=O) groups excluding carboxylic acids is 2. The zero-order valence-electron chi connectivity index (χ0n) is 18.9. The Morgan fingerprint density at radius 2 is 1.62 bits per heavy atom. The number of nitrogens with one attached hydrogen (secondary N) is 1. The van der Waals surface area contributed by atoms with Gasteiger partial charge in [-0.15, -0.1) is 0 Å². The Morgan fingerprint density at radius 3 is 2.26 bits per heavy atom. The third-order valence-electron chi connectivity index (χ3n) is 7.60. The molecule has 3 N–H and O–H groups in total. The maximum absolute atomic E-state index is 12.7. The van der Waals surface area contributed by atoms with Gasteiger partial charge in [0.15, 0.2) is 12.2 Å². The van der Waals surface area contributed by atoms with Gasteiger partial charge in [-0.25, -0.2) is 0 Å². The molecule has 5 rings (SSSR count). The zero-order valence-corrected chi connectivity index (χ0v) is 18.9. The summed E-state index contributed by atoms with van der Waals surface area (Å²) in [6.45, 7) is 2.28. The van der Waals surface area contributed by atoms with Crippen LogP contribution in [0.4, 0.5) is 5.69 Å². The summed E-state index contributed by atoms with van der Waals surface area (Å²) >= 11 is 0. The van der Waals surface area contributed by atoms with Gasteiger partial charge in [-0.2, -0.15) is 5.26 Å². The van der Waals surface area contributed by atoms with Crippen LogP contribution in [0, 0.1) is 16.7 Å². The Bertz CT molecular complexity index is 1130. The van der Waals surface area contributed by atoms with Crippen LogP contribution in [0.1, 0.15) is 36.0 Å². The molecule has 2 heterocycles. The van der Waals surface area contributed by atoms with Gasteiger partial charge in [-0.1, -0.05) is 36.4 Å². The van der Waals surface area contributed by atoms with Crippen molar-refractivity contribution >= 4 is 17.5 Å². The van der Waals surface area contributed by atoms with Gasteiger partial charge >= 0.3 is 0 Å². The van der Waals surface area contributed by atoms with Crippen molar-refractivity contribution in [2.75, 3.05) is 18.0 Å². The topological polar surface area (TPSA) is 117 Å². The molecule has 2 aromatic carbocycles. The number of aliphatic hydroxyl groups excluding tert-OH is 2. The highest BCUT2D eigenvalue weighted by molar-refractivity contribution is 5.91. The number of hydrogen-bond donors (Lipinski definition) is 3. The zero-order chi connectivity index (χ0) is 23.9. The van der Waals surface area contributed by atoms with E-state index in [-0.39, 0.29) is 11.5 Å². The summed E-state index contributed by atoms with van der Waals surface area (Å²) in [5, 5.41) is 33.0. The lowest BCUT2D eigenvalue weighted by Crippen LogP contribution is -2.51. The molecule has 0 radical (unpaired) electrons. The van der Waals surface area contributed by atoms with E-state index in [4.69, 9.17) is 0 Å². The lowest BCUT2D eigenvalue weighted by molar-refractivity contribution is -0.153. The van der Waals surface area contributed by atoms with Crippen molar-refractivity contribution in [3.05, 3.63) is 65.2 Å². The van der Waals surface area contributed by atoms with Gasteiger partial charge in [0.05, 0.1) is 11.3 Å². The van der Waals surface area contributed by atoms with Crippen molar-refractivity contribution in [2.24, 2.45) is 5.41 Å². The molecule has 2 aliphatic heterocycles. The molecule has 34 heavy (non-hydrogen) atoms. The molecule has 2 amide bonds. The number of fused-ring (bicyclic) bond motifs is 1. The summed E-state index contributed by atoms with van der Waals surface area (Å²) in [4.78, 5) is 29.0. The van der Waals surface area contributed by atoms with Crippen molar-refractivity contribution in [1.29, 1.82) is 5.26 Å². The number of para-hydroxylation sites is 1. The molecule has 176 valence electrons. The molecular formula is C26H28N4O4. The maximum atomic E-state index is 12.7. The van der Waals surface area contributed by atoms with Gasteiger partial charge in [0.2, 0.25) is 0 Å². The second kappa shape index (κ2) is 8.75. The fourth-order valence-electron chi connectivity index (χ4n) is 5.35. The van der Waals surface area contributed by atoms with Crippen molar-refractivity contribution in [3.8, 4) is 6.07 Å². The summed E-state index contributed by atoms with van der Waals surface area (Å²) < 4.78 is 0. The highest BCUT2D eigenvalue weighted by atomic mass is 16.3. The van der Waals surface area contributed by atoms with Gasteiger partial charge in [0, 0.05) is 32.2 Å². The van der Waals surface area contributed by atoms with E-state index in [9.17, 15) is 25.1 Å². The minimum absolute atomic E-state index is 0.0287. The predicted molar refractivity (Wildman–Crippen MR) is 124 cm³/mol. The highest BCUT2D eigenvalue weighted by Crippen LogP contribution is 2.54. The first-order valence-electron chi connectivity index (χ1n) is 11.7. The molecule has 1 saturated heterocycles. The first kappa shape index (κ1) is 22.4. The molecule has 2 fully saturated rings. The second-order valence-electron chi connectivity index (χ2n) is 9.60. The quantitative estimate of drug-likeness (QED) is 0.619. The minimum Gasteiger partial charge on any atom is -0.380 e. The van der Waals surface area contributed by atoms with E-state index in [1.54, 1.807) is 0 Å². The minimum atomic E-state index is -1.81. The number of rotatable bonds is 5. The van der Waals surface area contributed by atoms with Crippen molar-refractivity contribution in [3.63, 3.8) is 0 Å². The smallest absolute Gasteiger partial charge is 0.255 e. The van der Waals surface area contributed by atoms with Crippen LogP contribution in [0.5, 0.6) is 0 Å². The lowest BCUT2D eigenvalue weighted by atomic mass is 9.92. The van der Waals surface area contributed by atoms with Crippen LogP contribution in [0.3, 0.4) is 0 Å². The highest BCUT2D eigenvalue weighted by Gasteiger charge is 2.56. The molecule has 0 aromatic heterocycles. The molecular weight excluding hydrogens is 432 g/mol. The second-order valence-corrected chi connectivity index (χ2v) is 9.60. The van der Waals surface area contributed by atoms with Gasteiger partial charge in [0.1, 0.15) is 6.07 Å². The molecule has 1 saturated carbocycles. The Morgan fingerprint density at radius 1 is 1.00 bits per heavy atom. The van der Waals surface area contributed by atoms with E-state index >= 15 is 0 Å². The van der Waals surface area contributed by atoms with E-state index < -0.39 is 24.0 Å². The van der Waals surface area contributed by atoms with Crippen LogP contribution in [-0.2, 0) is 22.7 Å². The van der Waals surface area contributed by atoms with Gasteiger partial charge in [-0.3, -0.25) is 9.59 Å². The van der Waals surface area contributed by atoms with E-state index in [0.717, 1.165) is 49.2 Å². The van der Waals surface area contributed by atoms with Crippen LogP contribution < -0.4 is 10.2 Å². The SMILES string of the molecule is N#Cc1ccccc1N1CCC2(CC1)CC2NC(=O)C(O)C(O)C(=O)N1Cc2ccccc2C1. The third kappa shape index (κ3) is 4.02. The van der Waals surface area contributed by atoms with Crippen LogP contribution in [0.2, 0.25) is 0 Å². The molecule has 3 atom stereocenters. The lowest BCUT2D eigenvalue weighted by Gasteiger charge is -2.35. The van der Waals surface area contributed by atoms with Crippen molar-refractivity contribution < 1.29 is 19.8 Å². The van der Waals surface area contributed by atoms with Crippen LogP contribution in [-0.4, -0.2) is 58.3 Å². The summed E-state index contributed by atoms with van der Waals surface area (Å²) in [5.41, 5.74) is 3.57. The number of nitrogens with zero attached hydrogens (tertiary/aromatic N) is 3. The number of amides is 2. The summed E-state index contributed by atoms with van der Waals surface area (Å²) in [7, 11) is 0. The largest absolute Gasteiger partial charge is 0.380 e. The van der Waals surface area contributed by atoms with Gasteiger partial charge in [0.25, 0.3) is 11.8 Å². The van der Waals surface area contributed by atoms with E-state index in [1.807, 2.05) is 48.5 Å². The number of benzene rings is 2. The van der Waals surface area contributed by atoms with Crippen molar-refractivity contribution in [2.45, 2.75) is 50.6 Å². The summed E-state index contributed by atoms with van der Waals surface area (Å²) in [5.74, 6) is -1.36. The standard InChI is InChI=1S/C26H28N4O4/c27-14-17-5-3-4-8-20(17)29-11-9-26(10-12-29)13-21(26)28-24(33)22(31)23(32)25(34)30-15-18-6-1-2-7-19(18)16-30/h1-8,21-23,31-32H,9-13,15-16H2,(H,28,33). The third-order valence-corrected chi connectivity index (χ3v) is 7.60. The predicted octanol–water partition coefficient (Wildman–Crippen LogP) is 1.30.